The number of likely N-dealkylation sites (tertiary alicyclic amines) is 1. The zero-order valence-corrected chi connectivity index (χ0v) is 21.7. The average molecular weight is 563 g/mol. The maximum Gasteiger partial charge on any atom is 0.251 e. The second-order valence-electron chi connectivity index (χ2n) is 8.00. The van der Waals surface area contributed by atoms with E-state index in [1.807, 2.05) is 48.2 Å². The molecule has 3 rings (SSSR count). The van der Waals surface area contributed by atoms with Gasteiger partial charge in [0.1, 0.15) is 0 Å². The SMILES string of the molecule is CCNC(=NCc1cccc(C(=O)NC)c1)NCC1CC(=O)N(CCc2ccccc2)C1.I. The number of hydrogen-bond donors (Lipinski definition) is 3. The van der Waals surface area contributed by atoms with E-state index < -0.39 is 0 Å². The second kappa shape index (κ2) is 13.8. The number of guanidine groups is 1. The van der Waals surface area contributed by atoms with Crippen molar-refractivity contribution in [2.75, 3.05) is 33.2 Å². The molecule has 0 spiro atoms. The minimum Gasteiger partial charge on any atom is -0.357 e. The summed E-state index contributed by atoms with van der Waals surface area (Å²) in [5.74, 6) is 1.09. The minimum absolute atomic E-state index is 0. The Balaban J connectivity index is 0.00000385. The molecule has 33 heavy (non-hydrogen) atoms. The van der Waals surface area contributed by atoms with Gasteiger partial charge in [0.15, 0.2) is 5.96 Å². The molecule has 8 heteroatoms. The molecular formula is C25H34IN5O2. The van der Waals surface area contributed by atoms with Crippen LogP contribution in [-0.2, 0) is 17.8 Å². The third-order valence-corrected chi connectivity index (χ3v) is 5.55. The van der Waals surface area contributed by atoms with E-state index in [1.165, 1.54) is 5.56 Å². The first-order valence-electron chi connectivity index (χ1n) is 11.2. The molecule has 1 aliphatic rings. The Labute approximate surface area is 213 Å². The van der Waals surface area contributed by atoms with Gasteiger partial charge in [-0.15, -0.1) is 24.0 Å². The summed E-state index contributed by atoms with van der Waals surface area (Å²) >= 11 is 0. The van der Waals surface area contributed by atoms with Crippen molar-refractivity contribution in [1.29, 1.82) is 0 Å². The highest BCUT2D eigenvalue weighted by molar-refractivity contribution is 14.0. The van der Waals surface area contributed by atoms with Gasteiger partial charge in [0.2, 0.25) is 5.91 Å². The number of nitrogens with one attached hydrogen (secondary N) is 3. The second-order valence-corrected chi connectivity index (χ2v) is 8.00. The van der Waals surface area contributed by atoms with E-state index in [-0.39, 0.29) is 41.7 Å². The lowest BCUT2D eigenvalue weighted by Crippen LogP contribution is -2.40. The zero-order valence-electron chi connectivity index (χ0n) is 19.3. The van der Waals surface area contributed by atoms with Gasteiger partial charge in [-0.05, 0) is 36.6 Å². The summed E-state index contributed by atoms with van der Waals surface area (Å²) in [4.78, 5) is 30.9. The molecule has 0 radical (unpaired) electrons. The molecule has 1 heterocycles. The number of amides is 2. The van der Waals surface area contributed by atoms with Crippen LogP contribution in [0.15, 0.2) is 59.6 Å². The summed E-state index contributed by atoms with van der Waals surface area (Å²) < 4.78 is 0. The van der Waals surface area contributed by atoms with Crippen LogP contribution in [0, 0.1) is 5.92 Å². The summed E-state index contributed by atoms with van der Waals surface area (Å²) in [5.41, 5.74) is 2.84. The van der Waals surface area contributed by atoms with E-state index in [0.717, 1.165) is 31.6 Å². The fourth-order valence-electron chi connectivity index (χ4n) is 3.82. The quantitative estimate of drug-likeness (QED) is 0.249. The third kappa shape index (κ3) is 8.34. The van der Waals surface area contributed by atoms with Crippen LogP contribution in [0.25, 0.3) is 0 Å². The van der Waals surface area contributed by atoms with Crippen molar-refractivity contribution in [3.63, 3.8) is 0 Å². The Morgan fingerprint density at radius 1 is 1.09 bits per heavy atom. The van der Waals surface area contributed by atoms with Crippen LogP contribution in [0.2, 0.25) is 0 Å². The van der Waals surface area contributed by atoms with Gasteiger partial charge in [0.05, 0.1) is 6.54 Å². The van der Waals surface area contributed by atoms with Crippen molar-refractivity contribution in [3.8, 4) is 0 Å². The van der Waals surface area contributed by atoms with E-state index in [4.69, 9.17) is 0 Å². The van der Waals surface area contributed by atoms with E-state index >= 15 is 0 Å². The smallest absolute Gasteiger partial charge is 0.251 e. The average Bonchev–Trinajstić information content (AvgIpc) is 3.19. The fraction of sp³-hybridized carbons (Fsp3) is 0.400. The number of carbonyl (C=O) groups is 2. The first-order valence-corrected chi connectivity index (χ1v) is 11.2. The predicted octanol–water partition coefficient (Wildman–Crippen LogP) is 2.81. The highest BCUT2D eigenvalue weighted by Gasteiger charge is 2.29. The molecule has 1 unspecified atom stereocenters. The van der Waals surface area contributed by atoms with E-state index in [9.17, 15) is 9.59 Å². The molecule has 0 saturated carbocycles. The molecule has 0 aliphatic carbocycles. The number of rotatable bonds is 9. The number of carbonyl (C=O) groups excluding carboxylic acids is 2. The number of aliphatic imine (C=N–C) groups is 1. The summed E-state index contributed by atoms with van der Waals surface area (Å²) in [6.45, 7) is 5.46. The Hall–Kier alpha value is -2.62. The van der Waals surface area contributed by atoms with E-state index in [0.29, 0.717) is 31.0 Å². The summed E-state index contributed by atoms with van der Waals surface area (Å²) in [5, 5.41) is 9.27. The zero-order chi connectivity index (χ0) is 22.8. The number of hydrogen-bond acceptors (Lipinski definition) is 3. The first kappa shape index (κ1) is 26.6. The van der Waals surface area contributed by atoms with E-state index in [2.05, 4.69) is 33.1 Å². The molecule has 2 amide bonds. The largest absolute Gasteiger partial charge is 0.357 e. The maximum absolute atomic E-state index is 12.4. The van der Waals surface area contributed by atoms with E-state index in [1.54, 1.807) is 13.1 Å². The van der Waals surface area contributed by atoms with Gasteiger partial charge in [-0.3, -0.25) is 9.59 Å². The van der Waals surface area contributed by atoms with Crippen molar-refractivity contribution in [3.05, 3.63) is 71.3 Å². The van der Waals surface area contributed by atoms with Gasteiger partial charge in [0.25, 0.3) is 5.91 Å². The standard InChI is InChI=1S/C25H33N5O2.HI/c1-3-27-25(28-16-20-10-7-11-22(14-20)24(32)26-2)29-17-21-15-23(31)30(18-21)13-12-19-8-5-4-6-9-19;/h4-11,14,21H,3,12-13,15-18H2,1-2H3,(H,26,32)(H2,27,28,29);1H. The number of nitrogens with zero attached hydrogens (tertiary/aromatic N) is 2. The van der Waals surface area contributed by atoms with Crippen molar-refractivity contribution in [1.82, 2.24) is 20.9 Å². The van der Waals surface area contributed by atoms with Crippen LogP contribution in [-0.4, -0.2) is 55.9 Å². The molecule has 1 fully saturated rings. The molecule has 0 aromatic heterocycles. The van der Waals surface area contributed by atoms with Crippen LogP contribution in [0.3, 0.4) is 0 Å². The normalized spacial score (nSPS) is 15.7. The fourth-order valence-corrected chi connectivity index (χ4v) is 3.82. The molecule has 1 aliphatic heterocycles. The van der Waals surface area contributed by atoms with Crippen molar-refractivity contribution >= 4 is 41.8 Å². The van der Waals surface area contributed by atoms with Crippen LogP contribution in [0.4, 0.5) is 0 Å². The lowest BCUT2D eigenvalue weighted by molar-refractivity contribution is -0.127. The van der Waals surface area contributed by atoms with Gasteiger partial charge in [-0.1, -0.05) is 42.5 Å². The highest BCUT2D eigenvalue weighted by Crippen LogP contribution is 2.17. The molecule has 1 saturated heterocycles. The molecule has 178 valence electrons. The van der Waals surface area contributed by atoms with Crippen LogP contribution in [0.5, 0.6) is 0 Å². The van der Waals surface area contributed by atoms with Crippen molar-refractivity contribution in [2.24, 2.45) is 10.9 Å². The summed E-state index contributed by atoms with van der Waals surface area (Å²) in [6, 6.07) is 17.7. The van der Waals surface area contributed by atoms with Gasteiger partial charge in [-0.25, -0.2) is 4.99 Å². The van der Waals surface area contributed by atoms with Gasteiger partial charge >= 0.3 is 0 Å². The Morgan fingerprint density at radius 2 is 1.85 bits per heavy atom. The topological polar surface area (TPSA) is 85.8 Å². The Bertz CT molecular complexity index is 935. The lowest BCUT2D eigenvalue weighted by Gasteiger charge is -2.18. The lowest BCUT2D eigenvalue weighted by atomic mass is 10.1. The third-order valence-electron chi connectivity index (χ3n) is 5.55. The van der Waals surface area contributed by atoms with Crippen LogP contribution < -0.4 is 16.0 Å². The molecule has 2 aromatic rings. The van der Waals surface area contributed by atoms with Crippen molar-refractivity contribution in [2.45, 2.75) is 26.3 Å². The van der Waals surface area contributed by atoms with Crippen LogP contribution in [0.1, 0.15) is 34.8 Å². The highest BCUT2D eigenvalue weighted by atomic mass is 127. The van der Waals surface area contributed by atoms with Gasteiger partial charge in [-0.2, -0.15) is 0 Å². The molecule has 1 atom stereocenters. The number of halogens is 1. The monoisotopic (exact) mass is 563 g/mol. The van der Waals surface area contributed by atoms with Crippen LogP contribution >= 0.6 is 24.0 Å². The number of benzene rings is 2. The summed E-state index contributed by atoms with van der Waals surface area (Å²) in [6.07, 6.45) is 1.45. The molecule has 3 N–H and O–H groups in total. The van der Waals surface area contributed by atoms with Crippen molar-refractivity contribution < 1.29 is 9.59 Å². The maximum atomic E-state index is 12.4. The molecule has 2 aromatic carbocycles. The Kier molecular flexibility index (Phi) is 11.2. The molecule has 7 nitrogen and oxygen atoms in total. The molecular weight excluding hydrogens is 529 g/mol. The van der Waals surface area contributed by atoms with Gasteiger partial charge < -0.3 is 20.9 Å². The molecule has 0 bridgehead atoms. The predicted molar refractivity (Wildman–Crippen MR) is 143 cm³/mol. The first-order chi connectivity index (χ1) is 15.6. The van der Waals surface area contributed by atoms with Gasteiger partial charge in [0, 0.05) is 51.1 Å². The Morgan fingerprint density at radius 3 is 2.58 bits per heavy atom. The minimum atomic E-state index is -0.108. The summed E-state index contributed by atoms with van der Waals surface area (Å²) in [7, 11) is 1.62.